The van der Waals surface area contributed by atoms with Gasteiger partial charge in [0, 0.05) is 6.42 Å². The Hall–Kier alpha value is -1.35. The first-order valence-corrected chi connectivity index (χ1v) is 5.75. The minimum absolute atomic E-state index is 0.174. The monoisotopic (exact) mass is 218 g/mol. The molecular weight excluding hydrogens is 200 g/mol. The third-order valence-electron chi connectivity index (χ3n) is 2.76. The van der Waals surface area contributed by atoms with E-state index >= 15 is 0 Å². The minimum atomic E-state index is 0.174. The molecule has 86 valence electrons. The standard InChI is InChI=1S/C13H18N2O/c1-10-4-6-11(7-5-10)12-9-16-13(15-12)3-2-8-14/h4-7,12H,2-3,8-9,14H2,1H3. The van der Waals surface area contributed by atoms with Crippen LogP contribution in [0.5, 0.6) is 0 Å². The number of hydrogen-bond acceptors (Lipinski definition) is 3. The molecule has 3 nitrogen and oxygen atoms in total. The normalized spacial score (nSPS) is 19.4. The first kappa shape index (κ1) is 11.1. The molecule has 0 fully saturated rings. The lowest BCUT2D eigenvalue weighted by atomic mass is 10.1. The molecule has 0 bridgehead atoms. The molecule has 0 amide bonds. The minimum Gasteiger partial charge on any atom is -0.478 e. The zero-order chi connectivity index (χ0) is 11.4. The maximum atomic E-state index is 5.55. The smallest absolute Gasteiger partial charge is 0.184 e. The van der Waals surface area contributed by atoms with Crippen LogP contribution in [-0.4, -0.2) is 19.0 Å². The van der Waals surface area contributed by atoms with Crippen LogP contribution in [0.2, 0.25) is 0 Å². The summed E-state index contributed by atoms with van der Waals surface area (Å²) in [6.07, 6.45) is 1.80. The molecule has 0 saturated carbocycles. The second-order valence-corrected chi connectivity index (χ2v) is 4.15. The molecule has 1 atom stereocenters. The lowest BCUT2D eigenvalue weighted by Gasteiger charge is -2.04. The van der Waals surface area contributed by atoms with Gasteiger partial charge in [-0.3, -0.25) is 0 Å². The molecular formula is C13H18N2O. The Kier molecular flexibility index (Phi) is 3.57. The molecule has 0 radical (unpaired) electrons. The van der Waals surface area contributed by atoms with Crippen molar-refractivity contribution in [2.45, 2.75) is 25.8 Å². The number of aliphatic imine (C=N–C) groups is 1. The van der Waals surface area contributed by atoms with E-state index in [1.54, 1.807) is 0 Å². The van der Waals surface area contributed by atoms with Gasteiger partial charge in [-0.1, -0.05) is 29.8 Å². The van der Waals surface area contributed by atoms with Gasteiger partial charge in [-0.05, 0) is 25.5 Å². The number of hydrogen-bond donors (Lipinski definition) is 1. The summed E-state index contributed by atoms with van der Waals surface area (Å²) in [7, 11) is 0. The SMILES string of the molecule is Cc1ccc(C2COC(CCCN)=N2)cc1. The van der Waals surface area contributed by atoms with Gasteiger partial charge in [0.2, 0.25) is 0 Å². The van der Waals surface area contributed by atoms with E-state index < -0.39 is 0 Å². The molecule has 1 aliphatic rings. The zero-order valence-electron chi connectivity index (χ0n) is 9.65. The average molecular weight is 218 g/mol. The molecule has 2 rings (SSSR count). The second kappa shape index (κ2) is 5.12. The Balaban J connectivity index is 2.01. The van der Waals surface area contributed by atoms with E-state index in [4.69, 9.17) is 10.5 Å². The van der Waals surface area contributed by atoms with E-state index in [9.17, 15) is 0 Å². The highest BCUT2D eigenvalue weighted by Gasteiger charge is 2.19. The Morgan fingerprint density at radius 1 is 1.38 bits per heavy atom. The Morgan fingerprint density at radius 2 is 2.12 bits per heavy atom. The summed E-state index contributed by atoms with van der Waals surface area (Å²) in [4.78, 5) is 4.56. The van der Waals surface area contributed by atoms with E-state index in [-0.39, 0.29) is 6.04 Å². The van der Waals surface area contributed by atoms with Crippen molar-refractivity contribution in [3.8, 4) is 0 Å². The van der Waals surface area contributed by atoms with Gasteiger partial charge in [0.05, 0.1) is 0 Å². The highest BCUT2D eigenvalue weighted by Crippen LogP contribution is 2.24. The highest BCUT2D eigenvalue weighted by molar-refractivity contribution is 5.77. The van der Waals surface area contributed by atoms with E-state index in [2.05, 4.69) is 36.2 Å². The zero-order valence-corrected chi connectivity index (χ0v) is 9.65. The van der Waals surface area contributed by atoms with Gasteiger partial charge in [-0.15, -0.1) is 0 Å². The Bertz CT molecular complexity index is 370. The molecule has 1 aromatic rings. The first-order valence-electron chi connectivity index (χ1n) is 5.75. The van der Waals surface area contributed by atoms with Gasteiger partial charge < -0.3 is 10.5 Å². The first-order chi connectivity index (χ1) is 7.79. The van der Waals surface area contributed by atoms with Crippen LogP contribution in [0, 0.1) is 6.92 Å². The third kappa shape index (κ3) is 2.61. The number of ether oxygens (including phenoxy) is 1. The number of rotatable bonds is 4. The summed E-state index contributed by atoms with van der Waals surface area (Å²) in [6.45, 7) is 3.45. The van der Waals surface area contributed by atoms with Crippen LogP contribution in [0.25, 0.3) is 0 Å². The molecule has 16 heavy (non-hydrogen) atoms. The van der Waals surface area contributed by atoms with E-state index in [0.717, 1.165) is 18.7 Å². The summed E-state index contributed by atoms with van der Waals surface area (Å²) in [6, 6.07) is 8.65. The maximum Gasteiger partial charge on any atom is 0.184 e. The van der Waals surface area contributed by atoms with Gasteiger partial charge >= 0.3 is 0 Å². The van der Waals surface area contributed by atoms with Crippen LogP contribution in [0.15, 0.2) is 29.3 Å². The quantitative estimate of drug-likeness (QED) is 0.842. The summed E-state index contributed by atoms with van der Waals surface area (Å²) >= 11 is 0. The second-order valence-electron chi connectivity index (χ2n) is 4.15. The van der Waals surface area contributed by atoms with Gasteiger partial charge in [0.25, 0.3) is 0 Å². The van der Waals surface area contributed by atoms with Gasteiger partial charge in [-0.25, -0.2) is 4.99 Å². The molecule has 1 aromatic carbocycles. The van der Waals surface area contributed by atoms with Crippen molar-refractivity contribution in [1.82, 2.24) is 0 Å². The van der Waals surface area contributed by atoms with E-state index in [0.29, 0.717) is 13.2 Å². The van der Waals surface area contributed by atoms with Gasteiger partial charge in [0.1, 0.15) is 12.6 Å². The molecule has 0 aliphatic carbocycles. The fourth-order valence-corrected chi connectivity index (χ4v) is 1.77. The van der Waals surface area contributed by atoms with Crippen LogP contribution >= 0.6 is 0 Å². The fourth-order valence-electron chi connectivity index (χ4n) is 1.77. The molecule has 3 heteroatoms. The van der Waals surface area contributed by atoms with Crippen molar-refractivity contribution < 1.29 is 4.74 Å². The largest absolute Gasteiger partial charge is 0.478 e. The van der Waals surface area contributed by atoms with Crippen LogP contribution in [0.4, 0.5) is 0 Å². The molecule has 1 unspecified atom stereocenters. The highest BCUT2D eigenvalue weighted by atomic mass is 16.5. The van der Waals surface area contributed by atoms with Crippen molar-refractivity contribution in [3.63, 3.8) is 0 Å². The molecule has 2 N–H and O–H groups in total. The van der Waals surface area contributed by atoms with Gasteiger partial charge in [-0.2, -0.15) is 0 Å². The number of benzene rings is 1. The predicted molar refractivity (Wildman–Crippen MR) is 65.6 cm³/mol. The molecule has 1 aliphatic heterocycles. The molecule has 1 heterocycles. The van der Waals surface area contributed by atoms with Crippen LogP contribution in [0.1, 0.15) is 30.0 Å². The molecule has 0 saturated heterocycles. The number of nitrogens with zero attached hydrogens (tertiary/aromatic N) is 1. The summed E-state index contributed by atoms with van der Waals surface area (Å²) in [5, 5.41) is 0. The Morgan fingerprint density at radius 3 is 2.81 bits per heavy atom. The summed E-state index contributed by atoms with van der Waals surface area (Å²) in [5.74, 6) is 0.857. The summed E-state index contributed by atoms with van der Waals surface area (Å²) < 4.78 is 5.55. The molecule has 0 aromatic heterocycles. The third-order valence-corrected chi connectivity index (χ3v) is 2.76. The van der Waals surface area contributed by atoms with Crippen LogP contribution in [0.3, 0.4) is 0 Å². The van der Waals surface area contributed by atoms with Crippen LogP contribution < -0.4 is 5.73 Å². The van der Waals surface area contributed by atoms with Crippen molar-refractivity contribution in [2.75, 3.05) is 13.2 Å². The van der Waals surface area contributed by atoms with Crippen LogP contribution in [-0.2, 0) is 4.74 Å². The van der Waals surface area contributed by atoms with Crippen molar-refractivity contribution in [2.24, 2.45) is 10.7 Å². The summed E-state index contributed by atoms with van der Waals surface area (Å²) in [5.41, 5.74) is 7.96. The Labute approximate surface area is 96.3 Å². The van der Waals surface area contributed by atoms with E-state index in [1.165, 1.54) is 11.1 Å². The average Bonchev–Trinajstić information content (AvgIpc) is 2.76. The van der Waals surface area contributed by atoms with Crippen molar-refractivity contribution >= 4 is 5.90 Å². The number of nitrogens with two attached hydrogens (primary N) is 1. The topological polar surface area (TPSA) is 47.6 Å². The van der Waals surface area contributed by atoms with Crippen molar-refractivity contribution in [1.29, 1.82) is 0 Å². The number of aryl methyl sites for hydroxylation is 1. The lowest BCUT2D eigenvalue weighted by molar-refractivity contribution is 0.311. The maximum absolute atomic E-state index is 5.55. The van der Waals surface area contributed by atoms with Gasteiger partial charge in [0.15, 0.2) is 5.90 Å². The molecule has 0 spiro atoms. The van der Waals surface area contributed by atoms with E-state index in [1.807, 2.05) is 0 Å². The predicted octanol–water partition coefficient (Wildman–Crippen LogP) is 2.20. The van der Waals surface area contributed by atoms with Crippen molar-refractivity contribution in [3.05, 3.63) is 35.4 Å². The fraction of sp³-hybridized carbons (Fsp3) is 0.462. The lowest BCUT2D eigenvalue weighted by Crippen LogP contribution is -2.04.